The van der Waals surface area contributed by atoms with Gasteiger partial charge in [-0.3, -0.25) is 4.79 Å². The lowest BCUT2D eigenvalue weighted by molar-refractivity contribution is 0.0945. The van der Waals surface area contributed by atoms with Crippen LogP contribution in [0.1, 0.15) is 27.2 Å². The largest absolute Gasteiger partial charge is 0.347 e. The van der Waals surface area contributed by atoms with Crippen molar-refractivity contribution < 1.29 is 4.79 Å². The number of hydrogen-bond acceptors (Lipinski definition) is 4. The van der Waals surface area contributed by atoms with Crippen LogP contribution in [-0.4, -0.2) is 16.1 Å². The Bertz CT molecular complexity index is 875. The molecule has 0 saturated carbocycles. The first-order valence-corrected chi connectivity index (χ1v) is 8.12. The van der Waals surface area contributed by atoms with E-state index in [1.54, 1.807) is 12.1 Å². The number of benzene rings is 2. The van der Waals surface area contributed by atoms with Crippen molar-refractivity contribution in [2.45, 2.75) is 20.4 Å². The van der Waals surface area contributed by atoms with Crippen LogP contribution >= 0.6 is 0 Å². The summed E-state index contributed by atoms with van der Waals surface area (Å²) in [4.78, 5) is 12.2. The molecule has 0 radical (unpaired) electrons. The second-order valence-electron chi connectivity index (χ2n) is 5.91. The summed E-state index contributed by atoms with van der Waals surface area (Å²) in [6.45, 7) is 4.52. The Hall–Kier alpha value is -3.21. The van der Waals surface area contributed by atoms with Crippen LogP contribution in [0.15, 0.2) is 60.7 Å². The highest BCUT2D eigenvalue weighted by atomic mass is 16.1. The van der Waals surface area contributed by atoms with E-state index in [-0.39, 0.29) is 5.91 Å². The van der Waals surface area contributed by atoms with Crippen molar-refractivity contribution in [2.75, 3.05) is 5.32 Å². The Morgan fingerprint density at radius 3 is 2.52 bits per heavy atom. The molecule has 1 amide bonds. The summed E-state index contributed by atoms with van der Waals surface area (Å²) in [7, 11) is 0. The molecule has 0 unspecified atom stereocenters. The van der Waals surface area contributed by atoms with Crippen LogP contribution in [0, 0.1) is 13.8 Å². The lowest BCUT2D eigenvalue weighted by Gasteiger charge is -2.08. The summed E-state index contributed by atoms with van der Waals surface area (Å²) in [6, 6.07) is 19.3. The van der Waals surface area contributed by atoms with Crippen molar-refractivity contribution in [3.05, 3.63) is 83.0 Å². The van der Waals surface area contributed by atoms with E-state index in [0.717, 1.165) is 22.4 Å². The first kappa shape index (κ1) is 16.6. The van der Waals surface area contributed by atoms with Gasteiger partial charge in [-0.2, -0.15) is 0 Å². The molecule has 2 N–H and O–H groups in total. The Morgan fingerprint density at radius 2 is 1.80 bits per heavy atom. The van der Waals surface area contributed by atoms with Gasteiger partial charge in [0.25, 0.3) is 5.91 Å². The van der Waals surface area contributed by atoms with Crippen molar-refractivity contribution in [1.29, 1.82) is 0 Å². The lowest BCUT2D eigenvalue weighted by atomic mass is 10.1. The minimum atomic E-state index is -0.238. The molecule has 0 spiro atoms. The summed E-state index contributed by atoms with van der Waals surface area (Å²) in [5, 5.41) is 14.1. The number of hydrogen-bond donors (Lipinski definition) is 2. The smallest absolute Gasteiger partial charge is 0.272 e. The SMILES string of the molecule is Cc1cccc(Nc2ccc(C(=O)NCc3ccccc3C)nn2)c1. The molecule has 1 heterocycles. The van der Waals surface area contributed by atoms with Gasteiger partial charge in [0, 0.05) is 12.2 Å². The average molecular weight is 332 g/mol. The Balaban J connectivity index is 1.61. The van der Waals surface area contributed by atoms with E-state index in [1.165, 1.54) is 0 Å². The highest BCUT2D eigenvalue weighted by Gasteiger charge is 2.09. The molecule has 2 aromatic carbocycles. The number of nitrogens with zero attached hydrogens (tertiary/aromatic N) is 2. The zero-order chi connectivity index (χ0) is 17.6. The third kappa shape index (κ3) is 4.41. The van der Waals surface area contributed by atoms with Gasteiger partial charge in [0.2, 0.25) is 0 Å². The van der Waals surface area contributed by atoms with Crippen molar-refractivity contribution in [2.24, 2.45) is 0 Å². The van der Waals surface area contributed by atoms with Gasteiger partial charge in [-0.25, -0.2) is 0 Å². The second kappa shape index (κ2) is 7.57. The van der Waals surface area contributed by atoms with Gasteiger partial charge in [-0.15, -0.1) is 10.2 Å². The normalized spacial score (nSPS) is 10.3. The third-order valence-corrected chi connectivity index (χ3v) is 3.89. The number of carbonyl (C=O) groups excluding carboxylic acids is 1. The van der Waals surface area contributed by atoms with Gasteiger partial charge in [0.15, 0.2) is 11.5 Å². The van der Waals surface area contributed by atoms with Gasteiger partial charge in [0.1, 0.15) is 0 Å². The van der Waals surface area contributed by atoms with E-state index < -0.39 is 0 Å². The number of aryl methyl sites for hydroxylation is 2. The predicted molar refractivity (Wildman–Crippen MR) is 98.8 cm³/mol. The van der Waals surface area contributed by atoms with Gasteiger partial charge < -0.3 is 10.6 Å². The Labute approximate surface area is 147 Å². The van der Waals surface area contributed by atoms with Crippen molar-refractivity contribution in [3.8, 4) is 0 Å². The molecule has 25 heavy (non-hydrogen) atoms. The molecule has 3 aromatic rings. The second-order valence-corrected chi connectivity index (χ2v) is 5.91. The molecule has 0 fully saturated rings. The molecule has 126 valence electrons. The van der Waals surface area contributed by atoms with Gasteiger partial charge >= 0.3 is 0 Å². The molecular formula is C20H20N4O. The van der Waals surface area contributed by atoms with Crippen LogP contribution < -0.4 is 10.6 Å². The summed E-state index contributed by atoms with van der Waals surface area (Å²) in [5.41, 5.74) is 4.62. The fourth-order valence-corrected chi connectivity index (χ4v) is 2.47. The highest BCUT2D eigenvalue weighted by Crippen LogP contribution is 2.15. The quantitative estimate of drug-likeness (QED) is 0.746. The summed E-state index contributed by atoms with van der Waals surface area (Å²) in [5.74, 6) is 0.360. The van der Waals surface area contributed by atoms with E-state index in [2.05, 4.69) is 20.8 Å². The molecule has 3 rings (SSSR count). The maximum Gasteiger partial charge on any atom is 0.272 e. The first-order chi connectivity index (χ1) is 12.1. The van der Waals surface area contributed by atoms with Crippen LogP contribution in [0.4, 0.5) is 11.5 Å². The van der Waals surface area contributed by atoms with E-state index in [4.69, 9.17) is 0 Å². The fraction of sp³-hybridized carbons (Fsp3) is 0.150. The molecule has 0 aliphatic heterocycles. The molecule has 0 aliphatic carbocycles. The predicted octanol–water partition coefficient (Wildman–Crippen LogP) is 3.77. The van der Waals surface area contributed by atoms with E-state index >= 15 is 0 Å². The minimum Gasteiger partial charge on any atom is -0.347 e. The van der Waals surface area contributed by atoms with E-state index in [9.17, 15) is 4.79 Å². The van der Waals surface area contributed by atoms with Crippen LogP contribution in [0.5, 0.6) is 0 Å². The summed E-state index contributed by atoms with van der Waals surface area (Å²) in [6.07, 6.45) is 0. The van der Waals surface area contributed by atoms with Gasteiger partial charge in [-0.05, 0) is 54.8 Å². The molecule has 5 heteroatoms. The van der Waals surface area contributed by atoms with Crippen molar-refractivity contribution in [1.82, 2.24) is 15.5 Å². The van der Waals surface area contributed by atoms with Crippen LogP contribution in [-0.2, 0) is 6.54 Å². The molecule has 0 saturated heterocycles. The average Bonchev–Trinajstić information content (AvgIpc) is 2.61. The topological polar surface area (TPSA) is 66.9 Å². The van der Waals surface area contributed by atoms with Crippen molar-refractivity contribution >= 4 is 17.4 Å². The fourth-order valence-electron chi connectivity index (χ4n) is 2.47. The zero-order valence-corrected chi connectivity index (χ0v) is 14.3. The van der Waals surface area contributed by atoms with Crippen molar-refractivity contribution in [3.63, 3.8) is 0 Å². The number of rotatable bonds is 5. The molecule has 0 aliphatic rings. The Kier molecular flexibility index (Phi) is 5.04. The Morgan fingerprint density at radius 1 is 0.960 bits per heavy atom. The minimum absolute atomic E-state index is 0.238. The summed E-state index contributed by atoms with van der Waals surface area (Å²) < 4.78 is 0. The van der Waals surface area contributed by atoms with E-state index in [0.29, 0.717) is 18.1 Å². The molecular weight excluding hydrogens is 312 g/mol. The molecule has 5 nitrogen and oxygen atoms in total. The standard InChI is InChI=1S/C20H20N4O/c1-14-6-5-9-17(12-14)22-19-11-10-18(23-24-19)20(25)21-13-16-8-4-3-7-15(16)2/h3-12H,13H2,1-2H3,(H,21,25)(H,22,24). The number of amides is 1. The summed E-state index contributed by atoms with van der Waals surface area (Å²) >= 11 is 0. The molecule has 1 aromatic heterocycles. The highest BCUT2D eigenvalue weighted by molar-refractivity contribution is 5.92. The zero-order valence-electron chi connectivity index (χ0n) is 14.3. The number of carbonyl (C=O) groups is 1. The number of nitrogens with one attached hydrogen (secondary N) is 2. The first-order valence-electron chi connectivity index (χ1n) is 8.12. The van der Waals surface area contributed by atoms with Gasteiger partial charge in [-0.1, -0.05) is 36.4 Å². The van der Waals surface area contributed by atoms with Gasteiger partial charge in [0.05, 0.1) is 0 Å². The maximum atomic E-state index is 12.2. The lowest BCUT2D eigenvalue weighted by Crippen LogP contribution is -2.24. The molecule has 0 atom stereocenters. The number of aromatic nitrogens is 2. The molecule has 0 bridgehead atoms. The maximum absolute atomic E-state index is 12.2. The van der Waals surface area contributed by atoms with E-state index in [1.807, 2.05) is 62.4 Å². The third-order valence-electron chi connectivity index (χ3n) is 3.89. The van der Waals surface area contributed by atoms with Crippen LogP contribution in [0.25, 0.3) is 0 Å². The van der Waals surface area contributed by atoms with Crippen LogP contribution in [0.2, 0.25) is 0 Å². The monoisotopic (exact) mass is 332 g/mol. The van der Waals surface area contributed by atoms with Crippen LogP contribution in [0.3, 0.4) is 0 Å². The number of anilines is 2.